The molecule has 1 atom stereocenters. The first-order chi connectivity index (χ1) is 20.0. The van der Waals surface area contributed by atoms with Crippen molar-refractivity contribution in [3.8, 4) is 11.8 Å². The minimum absolute atomic E-state index is 0.0696. The number of aromatic nitrogens is 1. The Balaban J connectivity index is 1.68. The predicted octanol–water partition coefficient (Wildman–Crippen LogP) is 6.54. The zero-order valence-corrected chi connectivity index (χ0v) is 24.7. The lowest BCUT2D eigenvalue weighted by Gasteiger charge is -2.44. The van der Waals surface area contributed by atoms with Crippen LogP contribution in [0.2, 0.25) is 0 Å². The van der Waals surface area contributed by atoms with Gasteiger partial charge in [0.1, 0.15) is 11.6 Å². The molecule has 0 amide bonds. The second kappa shape index (κ2) is 11.3. The maximum absolute atomic E-state index is 13.9. The Morgan fingerprint density at radius 3 is 2.67 bits per heavy atom. The summed E-state index contributed by atoms with van der Waals surface area (Å²) in [4.78, 5) is 31.2. The van der Waals surface area contributed by atoms with Gasteiger partial charge in [-0.25, -0.2) is 4.98 Å². The number of nitriles is 1. The summed E-state index contributed by atoms with van der Waals surface area (Å²) in [5, 5.41) is 23.0. The van der Waals surface area contributed by atoms with Gasteiger partial charge in [0.2, 0.25) is 0 Å². The summed E-state index contributed by atoms with van der Waals surface area (Å²) in [7, 11) is 1.61. The van der Waals surface area contributed by atoms with E-state index in [1.165, 1.54) is 12.1 Å². The number of rotatable bonds is 7. The SMILES string of the molecule is COc1ccc([C@H]2C(C#N)=C(N)N(c3cc([N+](=O)[O-])ccc3C)C3=C2C(=O)CC(C)(C)C3)cc1CSc1ccccn1. The number of Topliss-reactive ketones (excluding diaryl/α,β-unsaturated/α-hetero) is 1. The number of methoxy groups -OCH3 is 1. The molecule has 0 fully saturated rings. The van der Waals surface area contributed by atoms with Crippen LogP contribution in [0, 0.1) is 33.8 Å². The monoisotopic (exact) mass is 581 g/mol. The summed E-state index contributed by atoms with van der Waals surface area (Å²) in [6, 6.07) is 18.2. The molecular formula is C32H31N5O4S. The third-order valence-corrected chi connectivity index (χ3v) is 8.67. The van der Waals surface area contributed by atoms with Crippen LogP contribution in [-0.2, 0) is 10.5 Å². The fourth-order valence-corrected chi connectivity index (χ4v) is 6.58. The smallest absolute Gasteiger partial charge is 0.271 e. The van der Waals surface area contributed by atoms with Crippen LogP contribution < -0.4 is 15.4 Å². The number of nitrogens with zero attached hydrogens (tertiary/aromatic N) is 4. The van der Waals surface area contributed by atoms with Gasteiger partial charge in [-0.1, -0.05) is 38.1 Å². The van der Waals surface area contributed by atoms with E-state index in [0.717, 1.165) is 21.7 Å². The second-order valence-electron chi connectivity index (χ2n) is 11.2. The number of ketones is 1. The van der Waals surface area contributed by atoms with Crippen LogP contribution in [0.1, 0.15) is 49.3 Å². The number of allylic oxidation sites excluding steroid dienone is 3. The van der Waals surface area contributed by atoms with E-state index in [4.69, 9.17) is 10.5 Å². The number of pyridine rings is 1. The minimum atomic E-state index is -0.687. The molecule has 10 heteroatoms. The van der Waals surface area contributed by atoms with Gasteiger partial charge in [-0.05, 0) is 48.1 Å². The third-order valence-electron chi connectivity index (χ3n) is 7.68. The number of benzene rings is 2. The first-order valence-electron chi connectivity index (χ1n) is 13.5. The molecule has 0 spiro atoms. The number of nitro benzene ring substituents is 1. The zero-order valence-electron chi connectivity index (χ0n) is 23.9. The predicted molar refractivity (Wildman–Crippen MR) is 162 cm³/mol. The lowest BCUT2D eigenvalue weighted by atomic mass is 9.68. The molecule has 0 unspecified atom stereocenters. The number of carbonyl (C=O) groups excluding carboxylic acids is 1. The molecule has 0 saturated carbocycles. The summed E-state index contributed by atoms with van der Waals surface area (Å²) in [6.45, 7) is 5.86. The Kier molecular flexibility index (Phi) is 7.80. The quantitative estimate of drug-likeness (QED) is 0.187. The lowest BCUT2D eigenvalue weighted by Crippen LogP contribution is -2.42. The number of thioether (sulfide) groups is 1. The molecule has 5 rings (SSSR count). The Bertz CT molecular complexity index is 1690. The summed E-state index contributed by atoms with van der Waals surface area (Å²) >= 11 is 1.56. The molecule has 1 aliphatic carbocycles. The van der Waals surface area contributed by atoms with Crippen LogP contribution in [0.5, 0.6) is 5.75 Å². The number of hydrogen-bond donors (Lipinski definition) is 1. The number of carbonyl (C=O) groups is 1. The van der Waals surface area contributed by atoms with Gasteiger partial charge in [0, 0.05) is 47.3 Å². The van der Waals surface area contributed by atoms with Crippen molar-refractivity contribution in [3.63, 3.8) is 0 Å². The average Bonchev–Trinajstić information content (AvgIpc) is 2.96. The molecule has 42 heavy (non-hydrogen) atoms. The number of ether oxygens (including phenoxy) is 1. The Hall–Kier alpha value is -4.62. The molecule has 2 heterocycles. The summed E-state index contributed by atoms with van der Waals surface area (Å²) in [5.41, 5.74) is 10.6. The second-order valence-corrected chi connectivity index (χ2v) is 12.2. The van der Waals surface area contributed by atoms with Crippen molar-refractivity contribution in [1.82, 2.24) is 4.98 Å². The van der Waals surface area contributed by atoms with Crippen molar-refractivity contribution in [3.05, 3.63) is 110 Å². The van der Waals surface area contributed by atoms with Crippen LogP contribution in [0.4, 0.5) is 11.4 Å². The number of nitrogens with two attached hydrogens (primary N) is 1. The highest BCUT2D eigenvalue weighted by atomic mass is 32.2. The van der Waals surface area contributed by atoms with E-state index < -0.39 is 10.8 Å². The third kappa shape index (κ3) is 5.35. The van der Waals surface area contributed by atoms with Crippen molar-refractivity contribution in [1.29, 1.82) is 5.26 Å². The summed E-state index contributed by atoms with van der Waals surface area (Å²) in [6.07, 6.45) is 2.55. The highest BCUT2D eigenvalue weighted by Gasteiger charge is 2.45. The van der Waals surface area contributed by atoms with Crippen molar-refractivity contribution < 1.29 is 14.5 Å². The van der Waals surface area contributed by atoms with Crippen LogP contribution >= 0.6 is 11.8 Å². The molecule has 1 aromatic heterocycles. The van der Waals surface area contributed by atoms with Crippen LogP contribution in [0.25, 0.3) is 0 Å². The maximum Gasteiger partial charge on any atom is 0.271 e. The van der Waals surface area contributed by atoms with Crippen LogP contribution in [-0.4, -0.2) is 22.8 Å². The fraction of sp³-hybridized carbons (Fsp3) is 0.281. The molecular weight excluding hydrogens is 550 g/mol. The van der Waals surface area contributed by atoms with E-state index in [-0.39, 0.29) is 28.3 Å². The number of hydrogen-bond acceptors (Lipinski definition) is 9. The Morgan fingerprint density at radius 2 is 2.00 bits per heavy atom. The van der Waals surface area contributed by atoms with E-state index in [1.54, 1.807) is 36.0 Å². The normalized spacial score (nSPS) is 18.0. The first kappa shape index (κ1) is 28.9. The number of non-ortho nitro benzene ring substituents is 1. The lowest BCUT2D eigenvalue weighted by molar-refractivity contribution is -0.384. The maximum atomic E-state index is 13.9. The molecule has 0 radical (unpaired) electrons. The minimum Gasteiger partial charge on any atom is -0.496 e. The average molecular weight is 582 g/mol. The molecule has 2 N–H and O–H groups in total. The highest BCUT2D eigenvalue weighted by molar-refractivity contribution is 7.98. The Labute approximate surface area is 248 Å². The zero-order chi connectivity index (χ0) is 30.2. The Morgan fingerprint density at radius 1 is 1.21 bits per heavy atom. The molecule has 3 aromatic rings. The summed E-state index contributed by atoms with van der Waals surface area (Å²) in [5.74, 6) is 0.657. The highest BCUT2D eigenvalue weighted by Crippen LogP contribution is 2.51. The van der Waals surface area contributed by atoms with Gasteiger partial charge in [-0.3, -0.25) is 19.8 Å². The van der Waals surface area contributed by atoms with Crippen LogP contribution in [0.3, 0.4) is 0 Å². The van der Waals surface area contributed by atoms with Gasteiger partial charge in [0.25, 0.3) is 5.69 Å². The van der Waals surface area contributed by atoms with E-state index in [9.17, 15) is 20.2 Å². The molecule has 1 aliphatic heterocycles. The largest absolute Gasteiger partial charge is 0.496 e. The standard InChI is InChI=1S/C32H31N5O4S/c1-19-8-10-22(37(39)40)14-24(19)36-25-15-32(2,3)16-26(38)30(25)29(23(17-33)31(36)34)20-9-11-27(41-4)21(13-20)18-42-28-7-5-6-12-35-28/h5-14,29H,15-16,18,34H2,1-4H3/t29-/m0/s1. The molecule has 0 bridgehead atoms. The van der Waals surface area contributed by atoms with Crippen LogP contribution in [0.15, 0.2) is 88.5 Å². The van der Waals surface area contributed by atoms with Gasteiger partial charge < -0.3 is 10.5 Å². The van der Waals surface area contributed by atoms with E-state index >= 15 is 0 Å². The van der Waals surface area contributed by atoms with Gasteiger partial charge >= 0.3 is 0 Å². The van der Waals surface area contributed by atoms with Gasteiger partial charge in [0.05, 0.1) is 40.3 Å². The first-order valence-corrected chi connectivity index (χ1v) is 14.4. The number of anilines is 1. The van der Waals surface area contributed by atoms with E-state index in [2.05, 4.69) is 11.1 Å². The van der Waals surface area contributed by atoms with Crippen molar-refractivity contribution in [2.24, 2.45) is 11.1 Å². The van der Waals surface area contributed by atoms with Gasteiger partial charge in [-0.2, -0.15) is 5.26 Å². The van der Waals surface area contributed by atoms with Crippen molar-refractivity contribution in [2.75, 3.05) is 12.0 Å². The molecule has 0 saturated heterocycles. The molecule has 9 nitrogen and oxygen atoms in total. The van der Waals surface area contributed by atoms with E-state index in [0.29, 0.717) is 41.3 Å². The molecule has 2 aromatic carbocycles. The van der Waals surface area contributed by atoms with Crippen molar-refractivity contribution in [2.45, 2.75) is 50.3 Å². The number of aryl methyl sites for hydroxylation is 1. The fourth-order valence-electron chi connectivity index (χ4n) is 5.74. The molecule has 2 aliphatic rings. The summed E-state index contributed by atoms with van der Waals surface area (Å²) < 4.78 is 5.65. The topological polar surface area (TPSA) is 135 Å². The molecule has 214 valence electrons. The van der Waals surface area contributed by atoms with Gasteiger partial charge in [-0.15, -0.1) is 11.8 Å². The van der Waals surface area contributed by atoms with Gasteiger partial charge in [0.15, 0.2) is 5.78 Å². The number of nitro groups is 1. The van der Waals surface area contributed by atoms with Crippen molar-refractivity contribution >= 4 is 28.9 Å². The van der Waals surface area contributed by atoms with E-state index in [1.807, 2.05) is 57.2 Å².